The summed E-state index contributed by atoms with van der Waals surface area (Å²) in [6.45, 7) is 15.4. The van der Waals surface area contributed by atoms with Crippen LogP contribution >= 0.6 is 0 Å². The van der Waals surface area contributed by atoms with Crippen LogP contribution in [-0.4, -0.2) is 49.1 Å². The molecule has 0 aromatic carbocycles. The molecule has 0 radical (unpaired) electrons. The minimum Gasteiger partial charge on any atom is -0.373 e. The summed E-state index contributed by atoms with van der Waals surface area (Å²) in [6.07, 6.45) is 2.71. The zero-order chi connectivity index (χ0) is 12.5. The molecule has 2 saturated heterocycles. The van der Waals surface area contributed by atoms with E-state index in [-0.39, 0.29) is 0 Å². The Labute approximate surface area is 106 Å². The Bertz CT molecular complexity index is 269. The quantitative estimate of drug-likeness (QED) is 0.804. The minimum atomic E-state index is 0.589. The summed E-state index contributed by atoms with van der Waals surface area (Å²) in [7, 11) is 0. The zero-order valence-electron chi connectivity index (χ0n) is 11.4. The van der Waals surface area contributed by atoms with Gasteiger partial charge < -0.3 is 15.5 Å². The lowest BCUT2D eigenvalue weighted by molar-refractivity contribution is -0.0286. The minimum absolute atomic E-state index is 0.589. The van der Waals surface area contributed by atoms with Crippen molar-refractivity contribution in [1.82, 2.24) is 9.80 Å². The number of piperidine rings is 1. The van der Waals surface area contributed by atoms with Crippen LogP contribution in [0.3, 0.4) is 0 Å². The smallest absolute Gasteiger partial charge is 0.0324 e. The van der Waals surface area contributed by atoms with E-state index >= 15 is 0 Å². The third-order valence-corrected chi connectivity index (χ3v) is 4.28. The van der Waals surface area contributed by atoms with Crippen LogP contribution in [0.1, 0.15) is 26.7 Å². The predicted molar refractivity (Wildman–Crippen MR) is 72.7 cm³/mol. The molecule has 0 aromatic rings. The molecule has 2 aliphatic heterocycles. The van der Waals surface area contributed by atoms with Crippen LogP contribution in [0.25, 0.3) is 0 Å². The van der Waals surface area contributed by atoms with E-state index in [4.69, 9.17) is 5.73 Å². The van der Waals surface area contributed by atoms with Crippen molar-refractivity contribution in [2.75, 3.05) is 39.3 Å². The van der Waals surface area contributed by atoms with Gasteiger partial charge in [0.25, 0.3) is 0 Å². The van der Waals surface area contributed by atoms with Gasteiger partial charge in [-0.3, -0.25) is 0 Å². The molecule has 1 spiro atoms. The van der Waals surface area contributed by atoms with Crippen LogP contribution in [0.5, 0.6) is 0 Å². The van der Waals surface area contributed by atoms with Crippen LogP contribution < -0.4 is 5.73 Å². The predicted octanol–water partition coefficient (Wildman–Crippen LogP) is 1.51. The molecule has 17 heavy (non-hydrogen) atoms. The second-order valence-electron chi connectivity index (χ2n) is 6.32. The van der Waals surface area contributed by atoms with Crippen LogP contribution in [0.4, 0.5) is 0 Å². The molecule has 2 fully saturated rings. The highest BCUT2D eigenvalue weighted by molar-refractivity contribution is 5.08. The Hall–Kier alpha value is -0.540. The summed E-state index contributed by atoms with van der Waals surface area (Å²) in [5.74, 6) is 0.791. The van der Waals surface area contributed by atoms with Crippen LogP contribution in [-0.2, 0) is 0 Å². The van der Waals surface area contributed by atoms with Gasteiger partial charge in [0.15, 0.2) is 0 Å². The fourth-order valence-corrected chi connectivity index (χ4v) is 3.16. The largest absolute Gasteiger partial charge is 0.373 e. The molecular formula is C14H27N3. The van der Waals surface area contributed by atoms with Crippen molar-refractivity contribution in [3.63, 3.8) is 0 Å². The normalized spacial score (nSPS) is 24.1. The molecule has 0 amide bonds. The molecule has 2 aliphatic rings. The average molecular weight is 237 g/mol. The van der Waals surface area contributed by atoms with Gasteiger partial charge in [-0.15, -0.1) is 0 Å². The Morgan fingerprint density at radius 3 is 2.35 bits per heavy atom. The maximum atomic E-state index is 5.63. The highest BCUT2D eigenvalue weighted by Gasteiger charge is 2.44. The maximum Gasteiger partial charge on any atom is 0.0324 e. The fourth-order valence-electron chi connectivity index (χ4n) is 3.16. The molecule has 3 nitrogen and oxygen atoms in total. The van der Waals surface area contributed by atoms with Gasteiger partial charge in [0, 0.05) is 37.3 Å². The highest BCUT2D eigenvalue weighted by Crippen LogP contribution is 2.41. The first kappa shape index (κ1) is 12.9. The first-order chi connectivity index (χ1) is 8.04. The maximum absolute atomic E-state index is 5.63. The molecule has 0 bridgehead atoms. The Kier molecular flexibility index (Phi) is 3.79. The number of hydrogen-bond donors (Lipinski definition) is 1. The standard InChI is InChI=1S/C14H27N3/c1-12(2)9-16-6-4-14(5-7-16)10-17(11-14)13(3)8-15/h12H,3-11,15H2,1-2H3. The van der Waals surface area contributed by atoms with Crippen molar-refractivity contribution < 1.29 is 0 Å². The second kappa shape index (κ2) is 4.99. The Morgan fingerprint density at radius 1 is 1.29 bits per heavy atom. The third-order valence-electron chi connectivity index (χ3n) is 4.28. The van der Waals surface area contributed by atoms with Gasteiger partial charge in [-0.2, -0.15) is 0 Å². The first-order valence-corrected chi connectivity index (χ1v) is 6.90. The van der Waals surface area contributed by atoms with E-state index in [0.717, 1.165) is 11.6 Å². The SMILES string of the molecule is C=C(CN)N1CC2(CCN(CC(C)C)CC2)C1. The number of likely N-dealkylation sites (tertiary alicyclic amines) is 2. The molecule has 2 heterocycles. The van der Waals surface area contributed by atoms with Gasteiger partial charge in [0.1, 0.15) is 0 Å². The monoisotopic (exact) mass is 237 g/mol. The zero-order valence-corrected chi connectivity index (χ0v) is 11.4. The molecule has 0 atom stereocenters. The number of hydrogen-bond acceptors (Lipinski definition) is 3. The molecule has 0 saturated carbocycles. The van der Waals surface area contributed by atoms with Crippen molar-refractivity contribution in [3.8, 4) is 0 Å². The molecule has 0 aliphatic carbocycles. The summed E-state index contributed by atoms with van der Waals surface area (Å²) in [6, 6.07) is 0. The summed E-state index contributed by atoms with van der Waals surface area (Å²) in [5, 5.41) is 0. The van der Waals surface area contributed by atoms with Crippen LogP contribution in [0.2, 0.25) is 0 Å². The van der Waals surface area contributed by atoms with Gasteiger partial charge in [-0.1, -0.05) is 20.4 Å². The van der Waals surface area contributed by atoms with Crippen LogP contribution in [0, 0.1) is 11.3 Å². The van der Waals surface area contributed by atoms with Gasteiger partial charge in [-0.05, 0) is 31.8 Å². The fraction of sp³-hybridized carbons (Fsp3) is 0.857. The van der Waals surface area contributed by atoms with E-state index in [1.807, 2.05) is 0 Å². The Morgan fingerprint density at radius 2 is 1.88 bits per heavy atom. The molecule has 0 unspecified atom stereocenters. The van der Waals surface area contributed by atoms with Gasteiger partial charge in [0.05, 0.1) is 0 Å². The van der Waals surface area contributed by atoms with Crippen molar-refractivity contribution >= 4 is 0 Å². The van der Waals surface area contributed by atoms with Gasteiger partial charge >= 0.3 is 0 Å². The third kappa shape index (κ3) is 2.83. The number of nitrogens with zero attached hydrogens (tertiary/aromatic N) is 2. The Balaban J connectivity index is 1.75. The van der Waals surface area contributed by atoms with E-state index in [1.165, 1.54) is 45.6 Å². The van der Waals surface area contributed by atoms with Crippen molar-refractivity contribution in [3.05, 3.63) is 12.3 Å². The van der Waals surface area contributed by atoms with Crippen molar-refractivity contribution in [2.45, 2.75) is 26.7 Å². The lowest BCUT2D eigenvalue weighted by Crippen LogP contribution is -2.60. The van der Waals surface area contributed by atoms with E-state index in [2.05, 4.69) is 30.2 Å². The lowest BCUT2D eigenvalue weighted by Gasteiger charge is -2.55. The molecular weight excluding hydrogens is 210 g/mol. The van der Waals surface area contributed by atoms with E-state index in [0.29, 0.717) is 12.0 Å². The van der Waals surface area contributed by atoms with Crippen molar-refractivity contribution in [1.29, 1.82) is 0 Å². The highest BCUT2D eigenvalue weighted by atomic mass is 15.2. The van der Waals surface area contributed by atoms with Crippen LogP contribution in [0.15, 0.2) is 12.3 Å². The molecule has 3 heteroatoms. The van der Waals surface area contributed by atoms with E-state index in [1.54, 1.807) is 0 Å². The molecule has 2 N–H and O–H groups in total. The molecule has 2 rings (SSSR count). The second-order valence-corrected chi connectivity index (χ2v) is 6.32. The van der Waals surface area contributed by atoms with Gasteiger partial charge in [-0.25, -0.2) is 0 Å². The number of rotatable bonds is 4. The van der Waals surface area contributed by atoms with E-state index < -0.39 is 0 Å². The lowest BCUT2D eigenvalue weighted by atomic mass is 9.71. The molecule has 98 valence electrons. The average Bonchev–Trinajstić information content (AvgIpc) is 2.25. The summed E-state index contributed by atoms with van der Waals surface area (Å²) >= 11 is 0. The summed E-state index contributed by atoms with van der Waals surface area (Å²) in [4.78, 5) is 4.98. The number of nitrogens with two attached hydrogens (primary N) is 1. The summed E-state index contributed by atoms with van der Waals surface area (Å²) in [5.41, 5.74) is 7.33. The molecule has 0 aromatic heterocycles. The van der Waals surface area contributed by atoms with Gasteiger partial charge in [0.2, 0.25) is 0 Å². The van der Waals surface area contributed by atoms with Crippen molar-refractivity contribution in [2.24, 2.45) is 17.1 Å². The topological polar surface area (TPSA) is 32.5 Å². The first-order valence-electron chi connectivity index (χ1n) is 6.90. The summed E-state index contributed by atoms with van der Waals surface area (Å²) < 4.78 is 0. The van der Waals surface area contributed by atoms with E-state index in [9.17, 15) is 0 Å².